The van der Waals surface area contributed by atoms with Gasteiger partial charge < -0.3 is 10.3 Å². The number of aromatic nitrogens is 3. The predicted octanol–water partition coefficient (Wildman–Crippen LogP) is 3.14. The molecule has 0 fully saturated rings. The lowest BCUT2D eigenvalue weighted by atomic mass is 10.1. The van der Waals surface area contributed by atoms with Crippen molar-refractivity contribution in [2.45, 2.75) is 25.4 Å². The van der Waals surface area contributed by atoms with Gasteiger partial charge in [0.15, 0.2) is 5.82 Å². The number of hydrogen-bond acceptors (Lipinski definition) is 4. The second-order valence-corrected chi connectivity index (χ2v) is 6.61. The van der Waals surface area contributed by atoms with E-state index < -0.39 is 17.3 Å². The Morgan fingerprint density at radius 3 is 2.30 bits per heavy atom. The first kappa shape index (κ1) is 21.2. The minimum Gasteiger partial charge on any atom is -0.356 e. The first-order valence-corrected chi connectivity index (χ1v) is 9.27. The van der Waals surface area contributed by atoms with Crippen LogP contribution < -0.4 is 10.9 Å². The van der Waals surface area contributed by atoms with Gasteiger partial charge in [0.2, 0.25) is 5.91 Å². The molecule has 2 N–H and O–H groups in total. The molecule has 0 aliphatic carbocycles. The molecule has 1 aromatic heterocycles. The van der Waals surface area contributed by atoms with Crippen molar-refractivity contribution in [2.24, 2.45) is 0 Å². The van der Waals surface area contributed by atoms with Crippen molar-refractivity contribution < 1.29 is 18.0 Å². The minimum absolute atomic E-state index is 0.0600. The summed E-state index contributed by atoms with van der Waals surface area (Å²) in [5.74, 6) is -0.149. The Kier molecular flexibility index (Phi) is 6.61. The number of amides is 1. The van der Waals surface area contributed by atoms with Crippen LogP contribution in [0.3, 0.4) is 0 Å². The quantitative estimate of drug-likeness (QED) is 0.620. The maximum absolute atomic E-state index is 12.6. The van der Waals surface area contributed by atoms with E-state index in [-0.39, 0.29) is 30.3 Å². The lowest BCUT2D eigenvalue weighted by molar-refractivity contribution is -0.137. The largest absolute Gasteiger partial charge is 0.416 e. The molecule has 0 atom stereocenters. The van der Waals surface area contributed by atoms with Gasteiger partial charge in [-0.2, -0.15) is 13.2 Å². The highest BCUT2D eigenvalue weighted by Gasteiger charge is 2.30. The van der Waals surface area contributed by atoms with Crippen LogP contribution in [0.5, 0.6) is 0 Å². The van der Waals surface area contributed by atoms with E-state index in [1.807, 2.05) is 30.3 Å². The molecule has 2 aromatic carbocycles. The molecule has 1 heterocycles. The fourth-order valence-corrected chi connectivity index (χ4v) is 2.78. The molecule has 0 saturated carbocycles. The van der Waals surface area contributed by atoms with Gasteiger partial charge in [0.05, 0.1) is 5.56 Å². The summed E-state index contributed by atoms with van der Waals surface area (Å²) in [6, 6.07) is 14.0. The molecule has 9 heteroatoms. The van der Waals surface area contributed by atoms with E-state index in [2.05, 4.69) is 20.5 Å². The molecule has 0 bridgehead atoms. The third-order valence-corrected chi connectivity index (χ3v) is 4.42. The van der Waals surface area contributed by atoms with Crippen molar-refractivity contribution in [3.63, 3.8) is 0 Å². The Balaban J connectivity index is 1.54. The highest BCUT2D eigenvalue weighted by Crippen LogP contribution is 2.30. The van der Waals surface area contributed by atoms with Crippen LogP contribution in [0.25, 0.3) is 11.4 Å². The van der Waals surface area contributed by atoms with Gasteiger partial charge in [-0.1, -0.05) is 42.5 Å². The monoisotopic (exact) mass is 416 g/mol. The summed E-state index contributed by atoms with van der Waals surface area (Å²) < 4.78 is 37.9. The topological polar surface area (TPSA) is 87.7 Å². The molecule has 0 spiro atoms. The maximum atomic E-state index is 12.6. The Morgan fingerprint density at radius 1 is 0.967 bits per heavy atom. The summed E-state index contributed by atoms with van der Waals surface area (Å²) in [6.07, 6.45) is -3.56. The van der Waals surface area contributed by atoms with Gasteiger partial charge in [-0.3, -0.25) is 9.59 Å². The Bertz CT molecular complexity index is 1050. The number of aryl methyl sites for hydroxylation is 1. The van der Waals surface area contributed by atoms with Crippen LogP contribution in [-0.2, 0) is 23.8 Å². The zero-order valence-electron chi connectivity index (χ0n) is 15.9. The highest BCUT2D eigenvalue weighted by molar-refractivity contribution is 5.76. The van der Waals surface area contributed by atoms with E-state index in [1.165, 1.54) is 12.1 Å². The summed E-state index contributed by atoms with van der Waals surface area (Å²) in [5, 5.41) is 10.5. The van der Waals surface area contributed by atoms with Crippen LogP contribution in [0.4, 0.5) is 13.2 Å². The number of alkyl halides is 3. The summed E-state index contributed by atoms with van der Waals surface area (Å²) in [6.45, 7) is 0.484. The number of benzene rings is 2. The van der Waals surface area contributed by atoms with E-state index in [4.69, 9.17) is 0 Å². The average Bonchev–Trinajstić information content (AvgIpc) is 2.73. The lowest BCUT2D eigenvalue weighted by Gasteiger charge is -2.07. The number of aromatic amines is 1. The lowest BCUT2D eigenvalue weighted by Crippen LogP contribution is -2.27. The molecule has 0 radical (unpaired) electrons. The molecule has 0 unspecified atom stereocenters. The number of rotatable bonds is 7. The molecule has 3 aromatic rings. The molecular weight excluding hydrogens is 397 g/mol. The zero-order valence-corrected chi connectivity index (χ0v) is 15.9. The van der Waals surface area contributed by atoms with Crippen molar-refractivity contribution in [3.05, 3.63) is 81.8 Å². The van der Waals surface area contributed by atoms with E-state index >= 15 is 0 Å². The Morgan fingerprint density at radius 2 is 1.67 bits per heavy atom. The van der Waals surface area contributed by atoms with Crippen LogP contribution in [0.2, 0.25) is 0 Å². The second-order valence-electron chi connectivity index (χ2n) is 6.61. The van der Waals surface area contributed by atoms with Gasteiger partial charge in [0.1, 0.15) is 5.69 Å². The van der Waals surface area contributed by atoms with E-state index in [0.717, 1.165) is 17.7 Å². The van der Waals surface area contributed by atoms with Crippen LogP contribution in [0, 0.1) is 0 Å². The molecule has 30 heavy (non-hydrogen) atoms. The highest BCUT2D eigenvalue weighted by atomic mass is 19.4. The van der Waals surface area contributed by atoms with Crippen molar-refractivity contribution in [1.29, 1.82) is 0 Å². The fourth-order valence-electron chi connectivity index (χ4n) is 2.78. The number of nitrogens with zero attached hydrogens (tertiary/aromatic N) is 2. The van der Waals surface area contributed by atoms with Gasteiger partial charge in [0, 0.05) is 24.9 Å². The zero-order chi connectivity index (χ0) is 21.6. The number of nitrogens with one attached hydrogen (secondary N) is 2. The third kappa shape index (κ3) is 5.76. The van der Waals surface area contributed by atoms with Gasteiger partial charge in [-0.05, 0) is 24.1 Å². The van der Waals surface area contributed by atoms with Crippen LogP contribution in [0.1, 0.15) is 23.2 Å². The summed E-state index contributed by atoms with van der Waals surface area (Å²) >= 11 is 0. The van der Waals surface area contributed by atoms with Crippen LogP contribution in [0.15, 0.2) is 59.4 Å². The summed E-state index contributed by atoms with van der Waals surface area (Å²) in [5.41, 5.74) is 0.175. The minimum atomic E-state index is -4.44. The Hall–Kier alpha value is -3.49. The van der Waals surface area contributed by atoms with E-state index in [9.17, 15) is 22.8 Å². The molecule has 3 rings (SSSR count). The molecule has 0 aliphatic rings. The van der Waals surface area contributed by atoms with Crippen LogP contribution >= 0.6 is 0 Å². The molecule has 6 nitrogen and oxygen atoms in total. The normalized spacial score (nSPS) is 11.3. The van der Waals surface area contributed by atoms with Crippen molar-refractivity contribution in [3.8, 4) is 11.4 Å². The van der Waals surface area contributed by atoms with Crippen molar-refractivity contribution >= 4 is 5.91 Å². The van der Waals surface area contributed by atoms with E-state index in [0.29, 0.717) is 18.5 Å². The molecule has 156 valence electrons. The SMILES string of the molecule is O=C(CCc1nnc(-c2ccc(C(F)(F)F)cc2)[nH]c1=O)NCCc1ccccc1. The number of H-pyrrole nitrogens is 1. The number of carbonyl (C=O) groups excluding carboxylic acids is 1. The number of hydrogen-bond donors (Lipinski definition) is 2. The van der Waals surface area contributed by atoms with Gasteiger partial charge in [-0.25, -0.2) is 0 Å². The maximum Gasteiger partial charge on any atom is 0.416 e. The summed E-state index contributed by atoms with van der Waals surface area (Å²) in [4.78, 5) is 26.6. The second kappa shape index (κ2) is 9.34. The van der Waals surface area contributed by atoms with Gasteiger partial charge >= 0.3 is 6.18 Å². The first-order chi connectivity index (χ1) is 14.3. The van der Waals surface area contributed by atoms with Crippen molar-refractivity contribution in [2.75, 3.05) is 6.54 Å². The van der Waals surface area contributed by atoms with Gasteiger partial charge in [-0.15, -0.1) is 10.2 Å². The molecular formula is C21H19F3N4O2. The van der Waals surface area contributed by atoms with Gasteiger partial charge in [0.25, 0.3) is 5.56 Å². The molecule has 0 saturated heterocycles. The first-order valence-electron chi connectivity index (χ1n) is 9.27. The predicted molar refractivity (Wildman–Crippen MR) is 105 cm³/mol. The van der Waals surface area contributed by atoms with Crippen molar-refractivity contribution in [1.82, 2.24) is 20.5 Å². The Labute approximate surface area is 170 Å². The molecule has 1 amide bonds. The summed E-state index contributed by atoms with van der Waals surface area (Å²) in [7, 11) is 0. The van der Waals surface area contributed by atoms with E-state index in [1.54, 1.807) is 0 Å². The average molecular weight is 416 g/mol. The van der Waals surface area contributed by atoms with Crippen LogP contribution in [-0.4, -0.2) is 27.6 Å². The smallest absolute Gasteiger partial charge is 0.356 e. The third-order valence-electron chi connectivity index (χ3n) is 4.42. The molecule has 0 aliphatic heterocycles. The standard InChI is InChI=1S/C21H19F3N4O2/c22-21(23,24)16-8-6-15(7-9-16)19-26-20(30)17(27-28-19)10-11-18(29)25-13-12-14-4-2-1-3-5-14/h1-9H,10-13H2,(H,25,29)(H,26,28,30). The number of halogens is 3. The fraction of sp³-hybridized carbons (Fsp3) is 0.238. The number of carbonyl (C=O) groups is 1.